The third-order valence-electron chi connectivity index (χ3n) is 5.39. The van der Waals surface area contributed by atoms with Crippen LogP contribution in [0.3, 0.4) is 0 Å². The lowest BCUT2D eigenvalue weighted by Gasteiger charge is -2.13. The smallest absolute Gasteiger partial charge is 0.406 e. The van der Waals surface area contributed by atoms with E-state index in [4.69, 9.17) is 11.6 Å². The molecule has 0 aliphatic rings. The van der Waals surface area contributed by atoms with Crippen molar-refractivity contribution in [1.29, 1.82) is 0 Å². The summed E-state index contributed by atoms with van der Waals surface area (Å²) in [4.78, 5) is -0.448. The molecule has 38 heavy (non-hydrogen) atoms. The fourth-order valence-corrected chi connectivity index (χ4v) is 5.41. The van der Waals surface area contributed by atoms with Gasteiger partial charge in [0.15, 0.2) is 0 Å². The molecule has 0 spiro atoms. The summed E-state index contributed by atoms with van der Waals surface area (Å²) >= 11 is 6.03. The van der Waals surface area contributed by atoms with Crippen molar-refractivity contribution in [3.8, 4) is 5.75 Å². The summed E-state index contributed by atoms with van der Waals surface area (Å²) in [5.41, 5.74) is 0.265. The molecule has 0 atom stereocenters. The maximum Gasteiger partial charge on any atom is 0.573 e. The maximum absolute atomic E-state index is 13.5. The fraction of sp³-hybridized carbons (Fsp3) is 0.167. The number of nitrogens with one attached hydrogen (secondary N) is 2. The summed E-state index contributed by atoms with van der Waals surface area (Å²) in [7, 11) is -2.75. The number of aromatic nitrogens is 1. The molecule has 2 N–H and O–H groups in total. The van der Waals surface area contributed by atoms with Gasteiger partial charge < -0.3 is 15.4 Å². The van der Waals surface area contributed by atoms with E-state index < -0.39 is 38.8 Å². The molecule has 1 heterocycles. The Kier molecular flexibility index (Phi) is 7.30. The van der Waals surface area contributed by atoms with Gasteiger partial charge in [-0.15, -0.1) is 13.2 Å². The molecule has 4 rings (SSSR count). The topological polar surface area (TPSA) is 72.4 Å². The molecule has 14 heteroatoms. The number of hydrogen-bond acceptors (Lipinski definition) is 5. The van der Waals surface area contributed by atoms with Crippen molar-refractivity contribution in [3.63, 3.8) is 0 Å². The first-order valence-corrected chi connectivity index (χ1v) is 12.5. The summed E-state index contributed by atoms with van der Waals surface area (Å²) in [6, 6.07) is 11.4. The number of ether oxygens (including phenoxy) is 1. The molecular formula is C24H18ClF6N3O3S. The number of fused-ring (bicyclic) bond motifs is 1. The zero-order valence-corrected chi connectivity index (χ0v) is 20.9. The first kappa shape index (κ1) is 27.6. The van der Waals surface area contributed by atoms with Gasteiger partial charge in [0, 0.05) is 29.9 Å². The highest BCUT2D eigenvalue weighted by atomic mass is 35.5. The van der Waals surface area contributed by atoms with E-state index in [-0.39, 0.29) is 22.8 Å². The minimum Gasteiger partial charge on any atom is -0.406 e. The zero-order chi connectivity index (χ0) is 27.9. The second kappa shape index (κ2) is 10.0. The van der Waals surface area contributed by atoms with E-state index in [1.807, 2.05) is 0 Å². The van der Waals surface area contributed by atoms with E-state index in [1.54, 1.807) is 19.2 Å². The Bertz CT molecular complexity index is 1600. The standard InChI is InChI=1S/C24H18ClF6N3O3S/c1-32-12-14-13-34(38(35,36)18-4-2-3-17(11-18)37-24(29,30)31)22-10-16(6-7-19(14)22)33-21-8-5-15(9-20(21)25)23(26,27)28/h2-11,13,32-33H,12H2,1H3. The van der Waals surface area contributed by atoms with E-state index in [1.165, 1.54) is 12.3 Å². The molecule has 0 unspecified atom stereocenters. The SMILES string of the molecule is CNCc1cn(S(=O)(=O)c2cccc(OC(F)(F)F)c2)c2cc(Nc3ccc(C(F)(F)F)cc3Cl)ccc12. The number of alkyl halides is 6. The molecule has 0 aliphatic carbocycles. The highest BCUT2D eigenvalue weighted by Gasteiger charge is 2.32. The maximum atomic E-state index is 13.5. The Balaban J connectivity index is 1.78. The Hall–Kier alpha value is -3.42. The van der Waals surface area contributed by atoms with Gasteiger partial charge in [0.1, 0.15) is 5.75 Å². The summed E-state index contributed by atoms with van der Waals surface area (Å²) in [5.74, 6) is -0.704. The minimum absolute atomic E-state index is 0.146. The Labute approximate surface area is 217 Å². The van der Waals surface area contributed by atoms with Crippen molar-refractivity contribution < 1.29 is 39.5 Å². The van der Waals surface area contributed by atoms with E-state index in [0.29, 0.717) is 16.6 Å². The van der Waals surface area contributed by atoms with Gasteiger partial charge in [0.2, 0.25) is 0 Å². The van der Waals surface area contributed by atoms with Gasteiger partial charge >= 0.3 is 12.5 Å². The lowest BCUT2D eigenvalue weighted by molar-refractivity contribution is -0.274. The predicted octanol–water partition coefficient (Wildman–Crippen LogP) is 6.91. The van der Waals surface area contributed by atoms with Crippen LogP contribution in [0.5, 0.6) is 5.75 Å². The molecule has 4 aromatic rings. The first-order valence-electron chi connectivity index (χ1n) is 10.7. The van der Waals surface area contributed by atoms with Crippen LogP contribution in [-0.2, 0) is 22.7 Å². The van der Waals surface area contributed by atoms with Crippen LogP contribution in [0, 0.1) is 0 Å². The molecule has 0 aliphatic heterocycles. The summed E-state index contributed by atoms with van der Waals surface area (Å²) < 4.78 is 109. The molecule has 1 aromatic heterocycles. The molecule has 0 bridgehead atoms. The van der Waals surface area contributed by atoms with Crippen molar-refractivity contribution in [1.82, 2.24) is 9.29 Å². The summed E-state index contributed by atoms with van der Waals surface area (Å²) in [6.07, 6.45) is -8.26. The second-order valence-corrected chi connectivity index (χ2v) is 10.3. The van der Waals surface area contributed by atoms with Crippen LogP contribution >= 0.6 is 11.6 Å². The minimum atomic E-state index is -5.01. The number of hydrogen-bond donors (Lipinski definition) is 2. The van der Waals surface area contributed by atoms with Crippen molar-refractivity contribution >= 4 is 43.9 Å². The third-order valence-corrected chi connectivity index (χ3v) is 7.38. The quantitative estimate of drug-likeness (QED) is 0.234. The molecule has 3 aromatic carbocycles. The lowest BCUT2D eigenvalue weighted by atomic mass is 10.1. The predicted molar refractivity (Wildman–Crippen MR) is 130 cm³/mol. The number of benzene rings is 3. The van der Waals surface area contributed by atoms with Crippen molar-refractivity contribution in [2.75, 3.05) is 12.4 Å². The van der Waals surface area contributed by atoms with Crippen LogP contribution in [0.15, 0.2) is 71.8 Å². The van der Waals surface area contributed by atoms with Gasteiger partial charge in [-0.1, -0.05) is 23.7 Å². The Morgan fingerprint density at radius 3 is 2.34 bits per heavy atom. The van der Waals surface area contributed by atoms with Crippen LogP contribution in [-0.4, -0.2) is 25.8 Å². The molecule has 0 amide bonds. The number of rotatable bonds is 7. The highest BCUT2D eigenvalue weighted by molar-refractivity contribution is 7.90. The second-order valence-electron chi connectivity index (χ2n) is 8.06. The van der Waals surface area contributed by atoms with Crippen LogP contribution in [0.1, 0.15) is 11.1 Å². The van der Waals surface area contributed by atoms with Gasteiger partial charge in [-0.05, 0) is 55.1 Å². The normalized spacial score (nSPS) is 12.6. The lowest BCUT2D eigenvalue weighted by Crippen LogP contribution is -2.18. The van der Waals surface area contributed by atoms with Crippen LogP contribution in [0.25, 0.3) is 10.9 Å². The van der Waals surface area contributed by atoms with Gasteiger partial charge in [-0.3, -0.25) is 0 Å². The average Bonchev–Trinajstić information content (AvgIpc) is 3.17. The number of anilines is 2. The van der Waals surface area contributed by atoms with Crippen molar-refractivity contribution in [3.05, 3.63) is 83.0 Å². The van der Waals surface area contributed by atoms with Gasteiger partial charge in [-0.2, -0.15) is 13.2 Å². The first-order chi connectivity index (χ1) is 17.7. The van der Waals surface area contributed by atoms with Crippen LogP contribution in [0.4, 0.5) is 37.7 Å². The van der Waals surface area contributed by atoms with E-state index in [2.05, 4.69) is 15.4 Å². The molecule has 0 fully saturated rings. The summed E-state index contributed by atoms with van der Waals surface area (Å²) in [5, 5.41) is 6.10. The Morgan fingerprint density at radius 1 is 0.974 bits per heavy atom. The monoisotopic (exact) mass is 577 g/mol. The molecule has 0 radical (unpaired) electrons. The van der Waals surface area contributed by atoms with E-state index in [9.17, 15) is 34.8 Å². The molecule has 6 nitrogen and oxygen atoms in total. The van der Waals surface area contributed by atoms with Crippen LogP contribution in [0.2, 0.25) is 5.02 Å². The third kappa shape index (κ3) is 5.84. The molecule has 0 saturated carbocycles. The van der Waals surface area contributed by atoms with Crippen molar-refractivity contribution in [2.24, 2.45) is 0 Å². The average molecular weight is 578 g/mol. The summed E-state index contributed by atoms with van der Waals surface area (Å²) in [6.45, 7) is 0.272. The van der Waals surface area contributed by atoms with Gasteiger partial charge in [0.25, 0.3) is 10.0 Å². The largest absolute Gasteiger partial charge is 0.573 e. The highest BCUT2D eigenvalue weighted by Crippen LogP contribution is 2.36. The fourth-order valence-electron chi connectivity index (χ4n) is 3.77. The van der Waals surface area contributed by atoms with Gasteiger partial charge in [-0.25, -0.2) is 12.4 Å². The van der Waals surface area contributed by atoms with Crippen molar-refractivity contribution in [2.45, 2.75) is 24.0 Å². The number of halogens is 7. The van der Waals surface area contributed by atoms with E-state index >= 15 is 0 Å². The molecule has 202 valence electrons. The van der Waals surface area contributed by atoms with Crippen LogP contribution < -0.4 is 15.4 Å². The van der Waals surface area contributed by atoms with Gasteiger partial charge in [0.05, 0.1) is 26.7 Å². The zero-order valence-electron chi connectivity index (χ0n) is 19.3. The molecular weight excluding hydrogens is 560 g/mol. The molecule has 0 saturated heterocycles. The number of nitrogens with zero attached hydrogens (tertiary/aromatic N) is 1. The van der Waals surface area contributed by atoms with E-state index in [0.717, 1.165) is 46.4 Å². The Morgan fingerprint density at radius 2 is 1.71 bits per heavy atom.